The van der Waals surface area contributed by atoms with Crippen LogP contribution in [0.15, 0.2) is 18.2 Å². The largest absolute Gasteiger partial charge is 0.494 e. The maximum atomic E-state index is 8.83. The predicted octanol–water partition coefficient (Wildman–Crippen LogP) is 2.01. The fourth-order valence-electron chi connectivity index (χ4n) is 1.67. The number of anilines is 1. The van der Waals surface area contributed by atoms with Crippen LogP contribution in [-0.4, -0.2) is 12.1 Å². The summed E-state index contributed by atoms with van der Waals surface area (Å²) in [5.74, 6) is 0.638. The lowest BCUT2D eigenvalue weighted by atomic mass is 10.1. The molecule has 4 heteroatoms. The van der Waals surface area contributed by atoms with E-state index in [0.29, 0.717) is 22.6 Å². The van der Waals surface area contributed by atoms with Crippen LogP contribution >= 0.6 is 0 Å². The third-order valence-electron chi connectivity index (χ3n) is 2.39. The van der Waals surface area contributed by atoms with E-state index in [1.54, 1.807) is 13.2 Å². The zero-order chi connectivity index (χ0) is 11.7. The van der Waals surface area contributed by atoms with Gasteiger partial charge in [0.25, 0.3) is 0 Å². The zero-order valence-corrected chi connectivity index (χ0v) is 9.11. The van der Waals surface area contributed by atoms with Gasteiger partial charge in [0.2, 0.25) is 0 Å². The van der Waals surface area contributed by atoms with Gasteiger partial charge in [-0.05, 0) is 30.7 Å². The number of nitriles is 1. The molecule has 16 heavy (non-hydrogen) atoms. The van der Waals surface area contributed by atoms with Gasteiger partial charge in [0.15, 0.2) is 0 Å². The van der Waals surface area contributed by atoms with Gasteiger partial charge in [0, 0.05) is 11.1 Å². The number of nitrogens with two attached hydrogens (primary N) is 1. The van der Waals surface area contributed by atoms with Gasteiger partial charge >= 0.3 is 0 Å². The second-order valence-electron chi connectivity index (χ2n) is 3.57. The third-order valence-corrected chi connectivity index (χ3v) is 2.39. The Morgan fingerprint density at radius 3 is 2.75 bits per heavy atom. The fraction of sp³-hybridized carbons (Fsp3) is 0.167. The van der Waals surface area contributed by atoms with Gasteiger partial charge in [0.1, 0.15) is 23.0 Å². The summed E-state index contributed by atoms with van der Waals surface area (Å²) in [4.78, 5) is 4.20. The summed E-state index contributed by atoms with van der Waals surface area (Å²) < 4.78 is 5.24. The molecule has 0 spiro atoms. The molecule has 80 valence electrons. The zero-order valence-electron chi connectivity index (χ0n) is 9.11. The highest BCUT2D eigenvalue weighted by Crippen LogP contribution is 2.29. The normalized spacial score (nSPS) is 10.1. The average molecular weight is 213 g/mol. The monoisotopic (exact) mass is 213 g/mol. The first-order valence-corrected chi connectivity index (χ1v) is 4.80. The van der Waals surface area contributed by atoms with Crippen LogP contribution in [0.3, 0.4) is 0 Å². The van der Waals surface area contributed by atoms with Gasteiger partial charge in [-0.2, -0.15) is 5.26 Å². The van der Waals surface area contributed by atoms with Crippen LogP contribution in [0.25, 0.3) is 10.9 Å². The quantitative estimate of drug-likeness (QED) is 0.786. The van der Waals surface area contributed by atoms with Crippen molar-refractivity contribution in [2.24, 2.45) is 0 Å². The van der Waals surface area contributed by atoms with E-state index < -0.39 is 0 Å². The van der Waals surface area contributed by atoms with Gasteiger partial charge in [-0.3, -0.25) is 0 Å². The predicted molar refractivity (Wildman–Crippen MR) is 62.2 cm³/mol. The molecule has 1 aromatic heterocycles. The number of ether oxygens (including phenoxy) is 1. The summed E-state index contributed by atoms with van der Waals surface area (Å²) in [5.41, 5.74) is 8.39. The molecule has 0 aliphatic carbocycles. The summed E-state index contributed by atoms with van der Waals surface area (Å²) in [5, 5.41) is 9.65. The minimum absolute atomic E-state index is 0.298. The van der Waals surface area contributed by atoms with Gasteiger partial charge < -0.3 is 10.5 Å². The molecular weight excluding hydrogens is 202 g/mol. The summed E-state index contributed by atoms with van der Waals surface area (Å²) in [6.07, 6.45) is 0. The molecule has 4 nitrogen and oxygen atoms in total. The summed E-state index contributed by atoms with van der Waals surface area (Å²) in [7, 11) is 1.57. The molecule has 0 aliphatic heterocycles. The first kappa shape index (κ1) is 10.2. The lowest BCUT2D eigenvalue weighted by molar-refractivity contribution is 0.418. The van der Waals surface area contributed by atoms with Gasteiger partial charge in [-0.15, -0.1) is 0 Å². The van der Waals surface area contributed by atoms with E-state index >= 15 is 0 Å². The molecule has 0 bridgehead atoms. The first-order chi connectivity index (χ1) is 7.65. The highest BCUT2D eigenvalue weighted by molar-refractivity contribution is 5.95. The van der Waals surface area contributed by atoms with E-state index in [1.165, 1.54) is 0 Å². The first-order valence-electron chi connectivity index (χ1n) is 4.80. The molecule has 0 saturated heterocycles. The minimum Gasteiger partial charge on any atom is -0.494 e. The number of hydrogen-bond donors (Lipinski definition) is 1. The Kier molecular flexibility index (Phi) is 2.37. The van der Waals surface area contributed by atoms with Crippen molar-refractivity contribution in [1.29, 1.82) is 5.26 Å². The van der Waals surface area contributed by atoms with Crippen molar-refractivity contribution < 1.29 is 4.74 Å². The lowest BCUT2D eigenvalue weighted by Crippen LogP contribution is -1.96. The topological polar surface area (TPSA) is 71.9 Å². The van der Waals surface area contributed by atoms with Gasteiger partial charge in [-0.25, -0.2) is 4.98 Å². The standard InChI is InChI=1S/C12H11N3O/c1-7-3-9-10(14)5-8(6-13)15-12(9)11(4-7)16-2/h3-5H,1-2H3,(H2,14,15). The van der Waals surface area contributed by atoms with E-state index in [0.717, 1.165) is 10.9 Å². The van der Waals surface area contributed by atoms with E-state index in [-0.39, 0.29) is 0 Å². The van der Waals surface area contributed by atoms with Crippen LogP contribution in [0.2, 0.25) is 0 Å². The Labute approximate surface area is 93.3 Å². The van der Waals surface area contributed by atoms with Crippen LogP contribution in [0.1, 0.15) is 11.3 Å². The maximum Gasteiger partial charge on any atom is 0.145 e. The Bertz CT molecular complexity index is 599. The van der Waals surface area contributed by atoms with Crippen molar-refractivity contribution in [2.45, 2.75) is 6.92 Å². The molecule has 0 aliphatic rings. The van der Waals surface area contributed by atoms with Gasteiger partial charge in [0.05, 0.1) is 7.11 Å². The lowest BCUT2D eigenvalue weighted by Gasteiger charge is -2.08. The third kappa shape index (κ3) is 1.52. The Morgan fingerprint density at radius 1 is 1.38 bits per heavy atom. The highest BCUT2D eigenvalue weighted by atomic mass is 16.5. The molecule has 2 N–H and O–H groups in total. The Balaban J connectivity index is 2.90. The number of methoxy groups -OCH3 is 1. The van der Waals surface area contributed by atoms with Crippen LogP contribution in [0.4, 0.5) is 5.69 Å². The highest BCUT2D eigenvalue weighted by Gasteiger charge is 2.09. The summed E-state index contributed by atoms with van der Waals surface area (Å²) in [6.45, 7) is 1.96. The van der Waals surface area contributed by atoms with Crippen molar-refractivity contribution in [3.05, 3.63) is 29.5 Å². The number of aryl methyl sites for hydroxylation is 1. The Morgan fingerprint density at radius 2 is 2.12 bits per heavy atom. The number of fused-ring (bicyclic) bond motifs is 1. The van der Waals surface area contributed by atoms with Crippen LogP contribution in [0, 0.1) is 18.3 Å². The van der Waals surface area contributed by atoms with Crippen molar-refractivity contribution >= 4 is 16.6 Å². The number of nitrogens with zero attached hydrogens (tertiary/aromatic N) is 2. The van der Waals surface area contributed by atoms with Crippen molar-refractivity contribution in [2.75, 3.05) is 12.8 Å². The van der Waals surface area contributed by atoms with Crippen LogP contribution in [0.5, 0.6) is 5.75 Å². The number of rotatable bonds is 1. The molecule has 0 atom stereocenters. The van der Waals surface area contributed by atoms with E-state index in [1.807, 2.05) is 25.1 Å². The van der Waals surface area contributed by atoms with E-state index in [2.05, 4.69) is 4.98 Å². The van der Waals surface area contributed by atoms with Crippen molar-refractivity contribution in [3.8, 4) is 11.8 Å². The second kappa shape index (κ2) is 3.70. The van der Waals surface area contributed by atoms with E-state index in [4.69, 9.17) is 15.7 Å². The maximum absolute atomic E-state index is 8.83. The Hall–Kier alpha value is -2.28. The SMILES string of the molecule is COc1cc(C)cc2c(N)cc(C#N)nc12. The van der Waals surface area contributed by atoms with E-state index in [9.17, 15) is 0 Å². The number of pyridine rings is 1. The molecule has 0 fully saturated rings. The number of hydrogen-bond acceptors (Lipinski definition) is 4. The molecule has 1 aromatic carbocycles. The molecule has 0 amide bonds. The minimum atomic E-state index is 0.298. The molecular formula is C12H11N3O. The van der Waals surface area contributed by atoms with Crippen LogP contribution in [-0.2, 0) is 0 Å². The average Bonchev–Trinajstić information content (AvgIpc) is 2.28. The summed E-state index contributed by atoms with van der Waals surface area (Å²) in [6, 6.07) is 7.35. The molecule has 2 aromatic rings. The number of nitrogen functional groups attached to an aromatic ring is 1. The van der Waals surface area contributed by atoms with Gasteiger partial charge in [-0.1, -0.05) is 0 Å². The fourth-order valence-corrected chi connectivity index (χ4v) is 1.67. The number of benzene rings is 1. The molecule has 2 rings (SSSR count). The smallest absolute Gasteiger partial charge is 0.145 e. The van der Waals surface area contributed by atoms with Crippen molar-refractivity contribution in [3.63, 3.8) is 0 Å². The molecule has 0 saturated carbocycles. The van der Waals surface area contributed by atoms with Crippen molar-refractivity contribution in [1.82, 2.24) is 4.98 Å². The second-order valence-corrected chi connectivity index (χ2v) is 3.57. The molecule has 1 heterocycles. The van der Waals surface area contributed by atoms with Crippen LogP contribution < -0.4 is 10.5 Å². The summed E-state index contributed by atoms with van der Waals surface area (Å²) >= 11 is 0. The molecule has 0 unspecified atom stereocenters. The number of aromatic nitrogens is 1. The molecule has 0 radical (unpaired) electrons.